The van der Waals surface area contributed by atoms with E-state index in [1.54, 1.807) is 0 Å². The van der Waals surface area contributed by atoms with Crippen molar-refractivity contribution in [3.63, 3.8) is 0 Å². The molecule has 0 saturated carbocycles. The first kappa shape index (κ1) is 14.9. The molecule has 1 aromatic rings. The third-order valence-corrected chi connectivity index (χ3v) is 2.93. The van der Waals surface area contributed by atoms with E-state index in [2.05, 4.69) is 15.9 Å². The largest absolute Gasteiger partial charge is 0.390 e. The Balaban J connectivity index is 2.77. The van der Waals surface area contributed by atoms with Crippen molar-refractivity contribution in [1.82, 2.24) is 4.90 Å². The van der Waals surface area contributed by atoms with Crippen molar-refractivity contribution in [3.8, 4) is 0 Å². The van der Waals surface area contributed by atoms with Gasteiger partial charge in [-0.3, -0.25) is 4.79 Å². The summed E-state index contributed by atoms with van der Waals surface area (Å²) in [6.45, 7) is -0.467. The van der Waals surface area contributed by atoms with Gasteiger partial charge in [-0.25, -0.2) is 4.39 Å². The predicted molar refractivity (Wildman–Crippen MR) is 61.7 cm³/mol. The second-order valence-electron chi connectivity index (χ2n) is 3.72. The third kappa shape index (κ3) is 4.29. The minimum Gasteiger partial charge on any atom is -0.341 e. The van der Waals surface area contributed by atoms with Gasteiger partial charge in [0.15, 0.2) is 0 Å². The minimum atomic E-state index is -4.33. The number of halogens is 5. The summed E-state index contributed by atoms with van der Waals surface area (Å²) >= 11 is 3.05. The van der Waals surface area contributed by atoms with Gasteiger partial charge in [0.2, 0.25) is 0 Å². The van der Waals surface area contributed by atoms with Gasteiger partial charge in [-0.1, -0.05) is 0 Å². The van der Waals surface area contributed by atoms with Crippen LogP contribution < -0.4 is 0 Å². The van der Waals surface area contributed by atoms with Gasteiger partial charge < -0.3 is 4.90 Å². The Morgan fingerprint density at radius 3 is 2.56 bits per heavy atom. The Bertz CT molecular complexity index is 447. The van der Waals surface area contributed by atoms with Crippen molar-refractivity contribution in [1.29, 1.82) is 0 Å². The molecule has 1 rings (SSSR count). The molecule has 0 aliphatic rings. The fourth-order valence-corrected chi connectivity index (χ4v) is 1.68. The van der Waals surface area contributed by atoms with Crippen LogP contribution in [0.3, 0.4) is 0 Å². The van der Waals surface area contributed by atoms with Gasteiger partial charge >= 0.3 is 6.18 Å². The number of hydrogen-bond donors (Lipinski definition) is 0. The first-order chi connectivity index (χ1) is 8.20. The number of hydrogen-bond acceptors (Lipinski definition) is 1. The molecule has 0 bridgehead atoms. The Morgan fingerprint density at radius 1 is 1.39 bits per heavy atom. The van der Waals surface area contributed by atoms with E-state index < -0.39 is 30.9 Å². The maximum Gasteiger partial charge on any atom is 0.390 e. The molecule has 0 heterocycles. The topological polar surface area (TPSA) is 20.3 Å². The lowest BCUT2D eigenvalue weighted by Crippen LogP contribution is -2.30. The van der Waals surface area contributed by atoms with Crippen molar-refractivity contribution in [2.24, 2.45) is 0 Å². The Kier molecular flexibility index (Phi) is 4.72. The first-order valence-electron chi connectivity index (χ1n) is 4.98. The second-order valence-corrected chi connectivity index (χ2v) is 4.57. The van der Waals surface area contributed by atoms with Crippen LogP contribution in [-0.2, 0) is 0 Å². The van der Waals surface area contributed by atoms with Gasteiger partial charge in [0.1, 0.15) is 5.82 Å². The van der Waals surface area contributed by atoms with Crippen molar-refractivity contribution in [2.45, 2.75) is 12.6 Å². The lowest BCUT2D eigenvalue weighted by atomic mass is 10.2. The van der Waals surface area contributed by atoms with Crippen molar-refractivity contribution >= 4 is 21.8 Å². The number of carbonyl (C=O) groups is 1. The smallest absolute Gasteiger partial charge is 0.341 e. The SMILES string of the molecule is CN(CCC(F)(F)F)C(=O)c1cc(F)ccc1Br. The number of carbonyl (C=O) groups excluding carboxylic acids is 1. The summed E-state index contributed by atoms with van der Waals surface area (Å²) < 4.78 is 49.4. The van der Waals surface area contributed by atoms with E-state index in [9.17, 15) is 22.4 Å². The molecule has 0 aliphatic heterocycles. The van der Waals surface area contributed by atoms with Gasteiger partial charge in [0, 0.05) is 18.1 Å². The van der Waals surface area contributed by atoms with Crippen LogP contribution in [0.1, 0.15) is 16.8 Å². The molecule has 100 valence electrons. The van der Waals surface area contributed by atoms with Gasteiger partial charge in [-0.05, 0) is 34.1 Å². The van der Waals surface area contributed by atoms with Gasteiger partial charge in [0.25, 0.3) is 5.91 Å². The highest BCUT2D eigenvalue weighted by Crippen LogP contribution is 2.22. The molecule has 0 unspecified atom stereocenters. The highest BCUT2D eigenvalue weighted by molar-refractivity contribution is 9.10. The molecule has 0 N–H and O–H groups in total. The summed E-state index contributed by atoms with van der Waals surface area (Å²) in [6, 6.07) is 3.47. The molecule has 0 atom stereocenters. The summed E-state index contributed by atoms with van der Waals surface area (Å²) in [5.41, 5.74) is -0.000301. The lowest BCUT2D eigenvalue weighted by Gasteiger charge is -2.18. The Labute approximate surface area is 110 Å². The van der Waals surface area contributed by atoms with E-state index in [-0.39, 0.29) is 5.56 Å². The molecule has 1 amide bonds. The number of amides is 1. The molecule has 2 nitrogen and oxygen atoms in total. The van der Waals surface area contributed by atoms with Gasteiger partial charge in [-0.15, -0.1) is 0 Å². The fourth-order valence-electron chi connectivity index (χ4n) is 1.26. The van der Waals surface area contributed by atoms with Crippen LogP contribution in [0.5, 0.6) is 0 Å². The van der Waals surface area contributed by atoms with E-state index in [1.807, 2.05) is 0 Å². The van der Waals surface area contributed by atoms with Crippen LogP contribution in [0.15, 0.2) is 22.7 Å². The number of benzene rings is 1. The second kappa shape index (κ2) is 5.69. The van der Waals surface area contributed by atoms with E-state index >= 15 is 0 Å². The van der Waals surface area contributed by atoms with Gasteiger partial charge in [0.05, 0.1) is 12.0 Å². The Morgan fingerprint density at radius 2 is 2.00 bits per heavy atom. The van der Waals surface area contributed by atoms with Crippen LogP contribution in [-0.4, -0.2) is 30.6 Å². The van der Waals surface area contributed by atoms with Crippen LogP contribution in [0.25, 0.3) is 0 Å². The van der Waals surface area contributed by atoms with Crippen molar-refractivity contribution in [3.05, 3.63) is 34.1 Å². The average Bonchev–Trinajstić information content (AvgIpc) is 2.27. The number of alkyl halides is 3. The number of nitrogens with zero attached hydrogens (tertiary/aromatic N) is 1. The predicted octanol–water partition coefficient (Wildman–Crippen LogP) is 3.61. The quantitative estimate of drug-likeness (QED) is 0.776. The van der Waals surface area contributed by atoms with Crippen LogP contribution in [0.2, 0.25) is 0 Å². The summed E-state index contributed by atoms with van der Waals surface area (Å²) in [5, 5.41) is 0. The highest BCUT2D eigenvalue weighted by atomic mass is 79.9. The summed E-state index contributed by atoms with van der Waals surface area (Å²) in [5.74, 6) is -1.28. The third-order valence-electron chi connectivity index (χ3n) is 2.24. The van der Waals surface area contributed by atoms with Crippen molar-refractivity contribution in [2.75, 3.05) is 13.6 Å². The highest BCUT2D eigenvalue weighted by Gasteiger charge is 2.28. The molecule has 0 aromatic heterocycles. The first-order valence-corrected chi connectivity index (χ1v) is 5.77. The molecule has 0 radical (unpaired) electrons. The fraction of sp³-hybridized carbons (Fsp3) is 0.364. The molecule has 1 aromatic carbocycles. The monoisotopic (exact) mass is 327 g/mol. The summed E-state index contributed by atoms with van der Waals surface area (Å²) in [4.78, 5) is 12.7. The maximum atomic E-state index is 13.0. The van der Waals surface area contributed by atoms with Crippen molar-refractivity contribution < 1.29 is 22.4 Å². The van der Waals surface area contributed by atoms with E-state index in [0.717, 1.165) is 17.0 Å². The van der Waals surface area contributed by atoms with Gasteiger partial charge in [-0.2, -0.15) is 13.2 Å². The zero-order valence-corrected chi connectivity index (χ0v) is 11.0. The van der Waals surface area contributed by atoms with Crippen LogP contribution in [0.4, 0.5) is 17.6 Å². The van der Waals surface area contributed by atoms with Crippen LogP contribution >= 0.6 is 15.9 Å². The molecule has 7 heteroatoms. The zero-order chi connectivity index (χ0) is 13.9. The number of rotatable bonds is 3. The average molecular weight is 328 g/mol. The summed E-state index contributed by atoms with van der Waals surface area (Å²) in [6.07, 6.45) is -5.42. The van der Waals surface area contributed by atoms with E-state index in [4.69, 9.17) is 0 Å². The van der Waals surface area contributed by atoms with Crippen LogP contribution in [0, 0.1) is 5.82 Å². The minimum absolute atomic E-state index is 0.000301. The molecule has 0 saturated heterocycles. The van der Waals surface area contributed by atoms with E-state index in [0.29, 0.717) is 4.47 Å². The Hall–Kier alpha value is -1.11. The maximum absolute atomic E-state index is 13.0. The molecular formula is C11H10BrF4NO. The summed E-state index contributed by atoms with van der Waals surface area (Å²) in [7, 11) is 1.24. The molecule has 18 heavy (non-hydrogen) atoms. The molecule has 0 spiro atoms. The molecule has 0 fully saturated rings. The standard InChI is InChI=1S/C11H10BrF4NO/c1-17(5-4-11(14,15)16)10(18)8-6-7(13)2-3-9(8)12/h2-3,6H,4-5H2,1H3. The van der Waals surface area contributed by atoms with E-state index in [1.165, 1.54) is 13.1 Å². The molecule has 0 aliphatic carbocycles. The molecular weight excluding hydrogens is 318 g/mol. The normalized spacial score (nSPS) is 11.4. The zero-order valence-electron chi connectivity index (χ0n) is 9.39. The lowest BCUT2D eigenvalue weighted by molar-refractivity contribution is -0.136.